The number of benzene rings is 1. The standard InChI is InChI=1S/C14H20N2O3/c1-15-14(18)8-9-16(2)10-12(17)11-6-4-5-7-13(11)19-3/h4-7H,8-10H2,1-3H3,(H,15,18). The minimum Gasteiger partial charge on any atom is -0.496 e. The second-order valence-corrected chi connectivity index (χ2v) is 4.28. The van der Waals surface area contributed by atoms with E-state index in [1.165, 1.54) is 0 Å². The van der Waals surface area contributed by atoms with Gasteiger partial charge in [-0.2, -0.15) is 0 Å². The highest BCUT2D eigenvalue weighted by atomic mass is 16.5. The van der Waals surface area contributed by atoms with Crippen molar-refractivity contribution < 1.29 is 14.3 Å². The molecular weight excluding hydrogens is 244 g/mol. The van der Waals surface area contributed by atoms with E-state index >= 15 is 0 Å². The van der Waals surface area contributed by atoms with Crippen LogP contribution in [0.3, 0.4) is 0 Å². The highest BCUT2D eigenvalue weighted by Crippen LogP contribution is 2.17. The number of methoxy groups -OCH3 is 1. The number of rotatable bonds is 7. The molecule has 0 heterocycles. The van der Waals surface area contributed by atoms with Gasteiger partial charge in [-0.25, -0.2) is 0 Å². The summed E-state index contributed by atoms with van der Waals surface area (Å²) in [5, 5.41) is 2.55. The lowest BCUT2D eigenvalue weighted by Gasteiger charge is -2.16. The smallest absolute Gasteiger partial charge is 0.221 e. The van der Waals surface area contributed by atoms with Crippen molar-refractivity contribution in [1.82, 2.24) is 10.2 Å². The number of carbonyl (C=O) groups excluding carboxylic acids is 2. The third-order valence-corrected chi connectivity index (χ3v) is 2.82. The van der Waals surface area contributed by atoms with Gasteiger partial charge in [0.2, 0.25) is 5.91 Å². The summed E-state index contributed by atoms with van der Waals surface area (Å²) in [6, 6.07) is 7.14. The van der Waals surface area contributed by atoms with E-state index in [0.29, 0.717) is 24.3 Å². The fourth-order valence-corrected chi connectivity index (χ4v) is 1.70. The van der Waals surface area contributed by atoms with E-state index in [2.05, 4.69) is 5.32 Å². The maximum Gasteiger partial charge on any atom is 0.221 e. The number of para-hydroxylation sites is 1. The van der Waals surface area contributed by atoms with E-state index in [1.54, 1.807) is 32.4 Å². The highest BCUT2D eigenvalue weighted by molar-refractivity contribution is 6.00. The lowest BCUT2D eigenvalue weighted by Crippen LogP contribution is -2.30. The summed E-state index contributed by atoms with van der Waals surface area (Å²) in [6.45, 7) is 0.804. The maximum atomic E-state index is 12.1. The monoisotopic (exact) mass is 264 g/mol. The lowest BCUT2D eigenvalue weighted by molar-refractivity contribution is -0.120. The number of nitrogens with zero attached hydrogens (tertiary/aromatic N) is 1. The van der Waals surface area contributed by atoms with E-state index < -0.39 is 0 Å². The fourth-order valence-electron chi connectivity index (χ4n) is 1.70. The van der Waals surface area contributed by atoms with Crippen LogP contribution in [0.1, 0.15) is 16.8 Å². The Morgan fingerprint density at radius 3 is 2.63 bits per heavy atom. The topological polar surface area (TPSA) is 58.6 Å². The maximum absolute atomic E-state index is 12.1. The fraction of sp³-hybridized carbons (Fsp3) is 0.429. The zero-order chi connectivity index (χ0) is 14.3. The van der Waals surface area contributed by atoms with Crippen molar-refractivity contribution in [3.05, 3.63) is 29.8 Å². The molecule has 0 atom stereocenters. The second kappa shape index (κ2) is 7.53. The SMILES string of the molecule is CNC(=O)CCN(C)CC(=O)c1ccccc1OC. The van der Waals surface area contributed by atoms with Crippen LogP contribution in [0.15, 0.2) is 24.3 Å². The van der Waals surface area contributed by atoms with Crippen LogP contribution in [-0.4, -0.2) is 50.9 Å². The Kier molecular flexibility index (Phi) is 6.02. The van der Waals surface area contributed by atoms with Gasteiger partial charge < -0.3 is 10.1 Å². The van der Waals surface area contributed by atoms with Gasteiger partial charge in [-0.3, -0.25) is 14.5 Å². The normalized spacial score (nSPS) is 10.3. The molecule has 1 amide bonds. The molecule has 1 aromatic rings. The van der Waals surface area contributed by atoms with Crippen molar-refractivity contribution in [2.24, 2.45) is 0 Å². The Morgan fingerprint density at radius 2 is 2.00 bits per heavy atom. The molecule has 0 spiro atoms. The van der Waals surface area contributed by atoms with Crippen LogP contribution in [-0.2, 0) is 4.79 Å². The average molecular weight is 264 g/mol. The summed E-state index contributed by atoms with van der Waals surface area (Å²) in [5.74, 6) is 0.528. The number of ether oxygens (including phenoxy) is 1. The van der Waals surface area contributed by atoms with E-state index in [4.69, 9.17) is 4.74 Å². The summed E-state index contributed by atoms with van der Waals surface area (Å²) in [4.78, 5) is 25.1. The van der Waals surface area contributed by atoms with Gasteiger partial charge in [-0.15, -0.1) is 0 Å². The Labute approximate surface area is 113 Å². The molecule has 5 nitrogen and oxygen atoms in total. The summed E-state index contributed by atoms with van der Waals surface area (Å²) in [5.41, 5.74) is 0.566. The van der Waals surface area contributed by atoms with Crippen LogP contribution in [0, 0.1) is 0 Å². The van der Waals surface area contributed by atoms with Gasteiger partial charge in [0.1, 0.15) is 5.75 Å². The number of hydrogen-bond donors (Lipinski definition) is 1. The minimum atomic E-state index is -0.0309. The predicted molar refractivity (Wildman–Crippen MR) is 73.5 cm³/mol. The van der Waals surface area contributed by atoms with Crippen LogP contribution >= 0.6 is 0 Å². The van der Waals surface area contributed by atoms with Crippen molar-refractivity contribution in [1.29, 1.82) is 0 Å². The zero-order valence-corrected chi connectivity index (χ0v) is 11.6. The molecule has 0 bridgehead atoms. The second-order valence-electron chi connectivity index (χ2n) is 4.28. The molecule has 1 aromatic carbocycles. The van der Waals surface area contributed by atoms with E-state index in [0.717, 1.165) is 0 Å². The average Bonchev–Trinajstić information content (AvgIpc) is 2.44. The van der Waals surface area contributed by atoms with Crippen LogP contribution in [0.2, 0.25) is 0 Å². The number of ketones is 1. The third kappa shape index (κ3) is 4.71. The quantitative estimate of drug-likeness (QED) is 0.745. The van der Waals surface area contributed by atoms with E-state index in [9.17, 15) is 9.59 Å². The highest BCUT2D eigenvalue weighted by Gasteiger charge is 2.14. The summed E-state index contributed by atoms with van der Waals surface area (Å²) in [6.07, 6.45) is 0.381. The first-order chi connectivity index (χ1) is 9.08. The Hall–Kier alpha value is -1.88. The molecule has 0 radical (unpaired) electrons. The molecule has 19 heavy (non-hydrogen) atoms. The van der Waals surface area contributed by atoms with Crippen LogP contribution in [0.5, 0.6) is 5.75 Å². The molecule has 0 saturated heterocycles. The number of likely N-dealkylation sites (N-methyl/N-ethyl adjacent to an activating group) is 1. The van der Waals surface area contributed by atoms with E-state index in [-0.39, 0.29) is 18.2 Å². The summed E-state index contributed by atoms with van der Waals surface area (Å²) < 4.78 is 5.16. The van der Waals surface area contributed by atoms with Gasteiger partial charge in [0.05, 0.1) is 19.2 Å². The first-order valence-electron chi connectivity index (χ1n) is 6.13. The van der Waals surface area contributed by atoms with Gasteiger partial charge in [0.15, 0.2) is 5.78 Å². The molecule has 1 N–H and O–H groups in total. The molecule has 104 valence electrons. The molecule has 0 aliphatic heterocycles. The van der Waals surface area contributed by atoms with Crippen molar-refractivity contribution in [3.63, 3.8) is 0 Å². The lowest BCUT2D eigenvalue weighted by atomic mass is 10.1. The molecule has 0 aromatic heterocycles. The first kappa shape index (κ1) is 15.2. The van der Waals surface area contributed by atoms with Crippen molar-refractivity contribution >= 4 is 11.7 Å². The largest absolute Gasteiger partial charge is 0.496 e. The number of carbonyl (C=O) groups is 2. The summed E-state index contributed by atoms with van der Waals surface area (Å²) >= 11 is 0. The number of amides is 1. The van der Waals surface area contributed by atoms with Gasteiger partial charge in [0, 0.05) is 20.0 Å². The number of hydrogen-bond acceptors (Lipinski definition) is 4. The van der Waals surface area contributed by atoms with Crippen molar-refractivity contribution in [2.45, 2.75) is 6.42 Å². The molecule has 5 heteroatoms. The molecular formula is C14H20N2O3. The molecule has 0 unspecified atom stereocenters. The number of Topliss-reactive ketones (excluding diaryl/α,β-unsaturated/α-hetero) is 1. The number of nitrogens with one attached hydrogen (secondary N) is 1. The Bertz CT molecular complexity index is 446. The van der Waals surface area contributed by atoms with Gasteiger partial charge in [-0.05, 0) is 19.2 Å². The van der Waals surface area contributed by atoms with Crippen LogP contribution in [0.4, 0.5) is 0 Å². The third-order valence-electron chi connectivity index (χ3n) is 2.82. The van der Waals surface area contributed by atoms with Gasteiger partial charge in [0.25, 0.3) is 0 Å². The molecule has 1 rings (SSSR count). The van der Waals surface area contributed by atoms with Crippen LogP contribution < -0.4 is 10.1 Å². The molecule has 0 saturated carbocycles. The minimum absolute atomic E-state index is 0.0168. The Balaban J connectivity index is 2.56. The van der Waals surface area contributed by atoms with E-state index in [1.807, 2.05) is 18.0 Å². The van der Waals surface area contributed by atoms with Crippen molar-refractivity contribution in [2.75, 3.05) is 34.3 Å². The first-order valence-corrected chi connectivity index (χ1v) is 6.13. The predicted octanol–water partition coefficient (Wildman–Crippen LogP) is 0.946. The van der Waals surface area contributed by atoms with Crippen LogP contribution in [0.25, 0.3) is 0 Å². The Morgan fingerprint density at radius 1 is 1.32 bits per heavy atom. The molecule has 0 fully saturated rings. The van der Waals surface area contributed by atoms with Gasteiger partial charge >= 0.3 is 0 Å². The van der Waals surface area contributed by atoms with Crippen molar-refractivity contribution in [3.8, 4) is 5.75 Å². The summed E-state index contributed by atoms with van der Waals surface area (Å²) in [7, 11) is 4.96. The zero-order valence-electron chi connectivity index (χ0n) is 11.6. The molecule has 0 aliphatic rings. The van der Waals surface area contributed by atoms with Gasteiger partial charge in [-0.1, -0.05) is 12.1 Å². The molecule has 0 aliphatic carbocycles.